The normalized spacial score (nSPS) is 12.1. The third-order valence-corrected chi connectivity index (χ3v) is 5.55. The Balaban J connectivity index is 1.32. The number of ether oxygens (including phenoxy) is 1. The second-order valence-electron chi connectivity index (χ2n) is 7.67. The number of hydrogen-bond donors (Lipinski definition) is 1. The highest BCUT2D eigenvalue weighted by molar-refractivity contribution is 5.79. The Kier molecular flexibility index (Phi) is 6.56. The van der Waals surface area contributed by atoms with Crippen LogP contribution < -0.4 is 5.32 Å². The molecule has 4 rings (SSSR count). The SMILES string of the molecule is N#Cc1ccc(C(F)(F)F)cc1C#CCCNC(=O)OCC1c2ccccc2-c2ccccc21. The van der Waals surface area contributed by atoms with Crippen molar-refractivity contribution in [3.05, 3.63) is 94.5 Å². The van der Waals surface area contributed by atoms with Gasteiger partial charge >= 0.3 is 12.3 Å². The molecule has 3 aromatic rings. The molecule has 34 heavy (non-hydrogen) atoms. The molecule has 0 aromatic heterocycles. The zero-order valence-electron chi connectivity index (χ0n) is 17.9. The Morgan fingerprint density at radius 3 is 2.24 bits per heavy atom. The van der Waals surface area contributed by atoms with Gasteiger partial charge in [-0.3, -0.25) is 0 Å². The summed E-state index contributed by atoms with van der Waals surface area (Å²) in [4.78, 5) is 12.2. The summed E-state index contributed by atoms with van der Waals surface area (Å²) in [5, 5.41) is 11.7. The first-order chi connectivity index (χ1) is 16.4. The molecular weight excluding hydrogens is 441 g/mol. The lowest BCUT2D eigenvalue weighted by Crippen LogP contribution is -2.26. The molecule has 0 saturated carbocycles. The van der Waals surface area contributed by atoms with Crippen LogP contribution in [0.1, 0.15) is 40.2 Å². The maximum Gasteiger partial charge on any atom is 0.416 e. The highest BCUT2D eigenvalue weighted by Crippen LogP contribution is 2.44. The molecule has 0 atom stereocenters. The Bertz CT molecular complexity index is 1280. The lowest BCUT2D eigenvalue weighted by atomic mass is 9.98. The number of benzene rings is 3. The molecule has 0 heterocycles. The molecule has 0 aliphatic heterocycles. The largest absolute Gasteiger partial charge is 0.449 e. The monoisotopic (exact) mass is 460 g/mol. The highest BCUT2D eigenvalue weighted by atomic mass is 19.4. The summed E-state index contributed by atoms with van der Waals surface area (Å²) in [6.45, 7) is 0.339. The van der Waals surface area contributed by atoms with E-state index in [2.05, 4.69) is 29.3 Å². The van der Waals surface area contributed by atoms with E-state index in [-0.39, 0.29) is 36.6 Å². The van der Waals surface area contributed by atoms with Crippen LogP contribution in [0.3, 0.4) is 0 Å². The van der Waals surface area contributed by atoms with Crippen LogP contribution in [-0.4, -0.2) is 19.2 Å². The Morgan fingerprint density at radius 2 is 1.62 bits per heavy atom. The molecule has 0 fully saturated rings. The van der Waals surface area contributed by atoms with Gasteiger partial charge in [-0.2, -0.15) is 18.4 Å². The minimum atomic E-state index is -4.52. The summed E-state index contributed by atoms with van der Waals surface area (Å²) in [6, 6.07) is 20.7. The van der Waals surface area contributed by atoms with Crippen molar-refractivity contribution in [2.45, 2.75) is 18.5 Å². The summed E-state index contributed by atoms with van der Waals surface area (Å²) in [5.74, 6) is 5.23. The number of amides is 1. The molecule has 0 radical (unpaired) electrons. The summed E-state index contributed by atoms with van der Waals surface area (Å²) >= 11 is 0. The topological polar surface area (TPSA) is 62.1 Å². The van der Waals surface area contributed by atoms with Crippen molar-refractivity contribution in [2.75, 3.05) is 13.2 Å². The summed E-state index contributed by atoms with van der Waals surface area (Å²) in [7, 11) is 0. The smallest absolute Gasteiger partial charge is 0.416 e. The standard InChI is InChI=1S/C27H19F3N2O2/c28-27(29,30)20-13-12-19(16-31)18(15-20)7-5-6-14-32-26(33)34-17-25-23-10-3-1-8-21(23)22-9-2-4-11-24(22)25/h1-4,8-13,15,25H,6,14,17H2,(H,32,33). The fourth-order valence-electron chi connectivity index (χ4n) is 3.96. The van der Waals surface area contributed by atoms with Gasteiger partial charge in [0.15, 0.2) is 0 Å². The van der Waals surface area contributed by atoms with E-state index in [0.29, 0.717) is 0 Å². The number of rotatable bonds is 4. The third-order valence-electron chi connectivity index (χ3n) is 5.55. The van der Waals surface area contributed by atoms with Gasteiger partial charge in [0.2, 0.25) is 0 Å². The number of nitriles is 1. The number of nitrogens with zero attached hydrogens (tertiary/aromatic N) is 1. The summed E-state index contributed by atoms with van der Waals surface area (Å²) in [6.07, 6.45) is -4.93. The van der Waals surface area contributed by atoms with Gasteiger partial charge in [-0.25, -0.2) is 4.79 Å². The maximum atomic E-state index is 12.9. The van der Waals surface area contributed by atoms with Gasteiger partial charge in [0.1, 0.15) is 12.7 Å². The summed E-state index contributed by atoms with van der Waals surface area (Å²) in [5.41, 5.74) is 3.67. The van der Waals surface area contributed by atoms with Gasteiger partial charge in [0.25, 0.3) is 0 Å². The van der Waals surface area contributed by atoms with Crippen LogP contribution in [0, 0.1) is 23.2 Å². The van der Waals surface area contributed by atoms with E-state index in [1.165, 1.54) is 0 Å². The van der Waals surface area contributed by atoms with Gasteiger partial charge < -0.3 is 10.1 Å². The van der Waals surface area contributed by atoms with E-state index in [9.17, 15) is 18.0 Å². The van der Waals surface area contributed by atoms with Crippen molar-refractivity contribution < 1.29 is 22.7 Å². The van der Waals surface area contributed by atoms with E-state index >= 15 is 0 Å². The molecule has 1 aliphatic rings. The van der Waals surface area contributed by atoms with Crippen LogP contribution in [0.2, 0.25) is 0 Å². The lowest BCUT2D eigenvalue weighted by molar-refractivity contribution is -0.137. The molecule has 4 nitrogen and oxygen atoms in total. The van der Waals surface area contributed by atoms with Gasteiger partial charge in [0.05, 0.1) is 11.1 Å². The van der Waals surface area contributed by atoms with Crippen molar-refractivity contribution in [3.63, 3.8) is 0 Å². The third kappa shape index (κ3) is 4.89. The molecule has 170 valence electrons. The molecule has 1 aliphatic carbocycles. The lowest BCUT2D eigenvalue weighted by Gasteiger charge is -2.14. The zero-order valence-corrected chi connectivity index (χ0v) is 17.9. The molecular formula is C27H19F3N2O2. The van der Waals surface area contributed by atoms with E-state index in [1.54, 1.807) is 0 Å². The zero-order chi connectivity index (χ0) is 24.1. The molecule has 1 amide bonds. The summed E-state index contributed by atoms with van der Waals surface area (Å²) < 4.78 is 44.1. The fraction of sp³-hybridized carbons (Fsp3) is 0.185. The number of nitrogens with one attached hydrogen (secondary N) is 1. The van der Waals surface area contributed by atoms with Crippen molar-refractivity contribution in [1.29, 1.82) is 5.26 Å². The number of carbonyl (C=O) groups is 1. The van der Waals surface area contributed by atoms with Crippen molar-refractivity contribution >= 4 is 6.09 Å². The van der Waals surface area contributed by atoms with Gasteiger partial charge in [-0.1, -0.05) is 60.4 Å². The molecule has 0 unspecified atom stereocenters. The average molecular weight is 460 g/mol. The molecule has 1 N–H and O–H groups in total. The first-order valence-electron chi connectivity index (χ1n) is 10.6. The van der Waals surface area contributed by atoms with Gasteiger partial charge in [-0.15, -0.1) is 0 Å². The van der Waals surface area contributed by atoms with Crippen LogP contribution in [0.15, 0.2) is 66.7 Å². The number of hydrogen-bond acceptors (Lipinski definition) is 3. The van der Waals surface area contributed by atoms with Crippen LogP contribution in [0.5, 0.6) is 0 Å². The number of fused-ring (bicyclic) bond motifs is 3. The maximum absolute atomic E-state index is 12.9. The first kappa shape index (κ1) is 22.9. The van der Waals surface area contributed by atoms with Crippen molar-refractivity contribution in [3.8, 4) is 29.0 Å². The van der Waals surface area contributed by atoms with Crippen molar-refractivity contribution in [2.24, 2.45) is 0 Å². The van der Waals surface area contributed by atoms with E-state index < -0.39 is 17.8 Å². The number of alkyl carbamates (subject to hydrolysis) is 1. The minimum Gasteiger partial charge on any atom is -0.449 e. The van der Waals surface area contributed by atoms with E-state index in [4.69, 9.17) is 10.00 Å². The highest BCUT2D eigenvalue weighted by Gasteiger charge is 2.31. The number of carbonyl (C=O) groups excluding carboxylic acids is 1. The molecule has 0 saturated heterocycles. The predicted molar refractivity (Wildman–Crippen MR) is 121 cm³/mol. The Labute approximate surface area is 195 Å². The van der Waals surface area contributed by atoms with Crippen molar-refractivity contribution in [1.82, 2.24) is 5.32 Å². The average Bonchev–Trinajstić information content (AvgIpc) is 3.15. The fourth-order valence-corrected chi connectivity index (χ4v) is 3.96. The quantitative estimate of drug-likeness (QED) is 0.392. The molecule has 7 heteroatoms. The van der Waals surface area contributed by atoms with Gasteiger partial charge in [-0.05, 0) is 40.5 Å². The van der Waals surface area contributed by atoms with Crippen LogP contribution in [0.4, 0.5) is 18.0 Å². The number of halogens is 3. The Morgan fingerprint density at radius 1 is 0.971 bits per heavy atom. The van der Waals surface area contributed by atoms with Gasteiger partial charge in [0, 0.05) is 24.4 Å². The van der Waals surface area contributed by atoms with E-state index in [0.717, 1.165) is 40.5 Å². The number of alkyl halides is 3. The van der Waals surface area contributed by atoms with E-state index in [1.807, 2.05) is 42.5 Å². The van der Waals surface area contributed by atoms with Crippen LogP contribution in [0.25, 0.3) is 11.1 Å². The van der Waals surface area contributed by atoms with Crippen LogP contribution in [-0.2, 0) is 10.9 Å². The second-order valence-corrected chi connectivity index (χ2v) is 7.67. The minimum absolute atomic E-state index is 0.00142. The predicted octanol–water partition coefficient (Wildman–Crippen LogP) is 5.86. The second kappa shape index (κ2) is 9.72. The molecule has 3 aromatic carbocycles. The first-order valence-corrected chi connectivity index (χ1v) is 10.6. The van der Waals surface area contributed by atoms with Crippen LogP contribution >= 0.6 is 0 Å². The molecule has 0 bridgehead atoms. The molecule has 0 spiro atoms. The Hall–Kier alpha value is -4.23.